The summed E-state index contributed by atoms with van der Waals surface area (Å²) in [7, 11) is 0. The van der Waals surface area contributed by atoms with Crippen LogP contribution >= 0.6 is 0 Å². The van der Waals surface area contributed by atoms with Gasteiger partial charge in [-0.2, -0.15) is 10.5 Å². The molecule has 1 fully saturated rings. The van der Waals surface area contributed by atoms with Gasteiger partial charge < -0.3 is 0 Å². The Balaban J connectivity index is 2.87. The Morgan fingerprint density at radius 1 is 0.929 bits per heavy atom. The van der Waals surface area contributed by atoms with Crippen LogP contribution in [0.2, 0.25) is 0 Å². The molecule has 0 bridgehead atoms. The van der Waals surface area contributed by atoms with E-state index < -0.39 is 17.4 Å². The maximum Gasteiger partial charge on any atom is 0.359 e. The van der Waals surface area contributed by atoms with Crippen LogP contribution in [0.15, 0.2) is 0 Å². The van der Waals surface area contributed by atoms with Crippen molar-refractivity contribution in [1.82, 2.24) is 0 Å². The van der Waals surface area contributed by atoms with Crippen molar-refractivity contribution in [2.75, 3.05) is 0 Å². The summed E-state index contributed by atoms with van der Waals surface area (Å²) in [4.78, 5) is 29.5. The van der Waals surface area contributed by atoms with Crippen LogP contribution in [-0.2, 0) is 19.4 Å². The minimum absolute atomic E-state index is 0.228. The smallest absolute Gasteiger partial charge is 0.300 e. The summed E-state index contributed by atoms with van der Waals surface area (Å²) in [6, 6.07) is 0. The zero-order chi connectivity index (χ0) is 10.6. The van der Waals surface area contributed by atoms with E-state index in [1.54, 1.807) is 0 Å². The van der Waals surface area contributed by atoms with Gasteiger partial charge in [-0.15, -0.1) is 0 Å². The Labute approximate surface area is 80.3 Å². The number of hydrogen-bond donors (Lipinski definition) is 2. The second-order valence-corrected chi connectivity index (χ2v) is 3.40. The molecule has 80 valence electrons. The fourth-order valence-corrected chi connectivity index (χ4v) is 1.82. The van der Waals surface area contributed by atoms with Crippen LogP contribution in [0.4, 0.5) is 0 Å². The van der Waals surface area contributed by atoms with Gasteiger partial charge in [-0.25, -0.2) is 9.59 Å². The molecule has 0 amide bonds. The fourth-order valence-electron chi connectivity index (χ4n) is 1.82. The quantitative estimate of drug-likeness (QED) is 0.395. The summed E-state index contributed by atoms with van der Waals surface area (Å²) in [5.74, 6) is -2.12. The topological polar surface area (TPSA) is 93.1 Å². The Morgan fingerprint density at radius 2 is 1.36 bits per heavy atom. The average Bonchev–Trinajstić information content (AvgIpc) is 2.27. The van der Waals surface area contributed by atoms with Crippen molar-refractivity contribution in [3.8, 4) is 0 Å². The van der Waals surface area contributed by atoms with Crippen LogP contribution in [0.1, 0.15) is 32.1 Å². The molecule has 1 aliphatic carbocycles. The lowest BCUT2D eigenvalue weighted by Crippen LogP contribution is -2.42. The van der Waals surface area contributed by atoms with E-state index in [4.69, 9.17) is 10.5 Å². The lowest BCUT2D eigenvalue weighted by atomic mass is 9.74. The molecule has 0 saturated heterocycles. The highest BCUT2D eigenvalue weighted by Gasteiger charge is 2.50. The number of carbonyl (C=O) groups excluding carboxylic acids is 2. The van der Waals surface area contributed by atoms with Crippen molar-refractivity contribution in [2.24, 2.45) is 5.41 Å². The highest BCUT2D eigenvalue weighted by Crippen LogP contribution is 2.38. The molecule has 0 radical (unpaired) electrons. The molecule has 2 N–H and O–H groups in total. The molecule has 6 nitrogen and oxygen atoms in total. The van der Waals surface area contributed by atoms with Gasteiger partial charge in [-0.1, -0.05) is 19.3 Å². The highest BCUT2D eigenvalue weighted by atomic mass is 17.1. The third kappa shape index (κ3) is 1.71. The van der Waals surface area contributed by atoms with E-state index in [0.29, 0.717) is 12.8 Å². The Hall–Kier alpha value is -1.14. The molecule has 0 aliphatic heterocycles. The van der Waals surface area contributed by atoms with Crippen molar-refractivity contribution >= 4 is 11.9 Å². The minimum Gasteiger partial charge on any atom is -0.300 e. The summed E-state index contributed by atoms with van der Waals surface area (Å²) in [5.41, 5.74) is -1.53. The van der Waals surface area contributed by atoms with Crippen molar-refractivity contribution in [3.63, 3.8) is 0 Å². The van der Waals surface area contributed by atoms with Gasteiger partial charge in [-0.3, -0.25) is 9.78 Å². The van der Waals surface area contributed by atoms with Gasteiger partial charge in [0.15, 0.2) is 5.41 Å². The summed E-state index contributed by atoms with van der Waals surface area (Å²) in [6.45, 7) is 0. The van der Waals surface area contributed by atoms with E-state index in [1.165, 1.54) is 0 Å². The van der Waals surface area contributed by atoms with Crippen molar-refractivity contribution in [1.29, 1.82) is 0 Å². The Bertz CT molecular complexity index is 212. The molecule has 0 unspecified atom stereocenters. The first kappa shape index (κ1) is 10.9. The van der Waals surface area contributed by atoms with Crippen molar-refractivity contribution < 1.29 is 29.9 Å². The van der Waals surface area contributed by atoms with E-state index in [0.717, 1.165) is 6.42 Å². The number of carbonyl (C=O) groups is 2. The van der Waals surface area contributed by atoms with Crippen molar-refractivity contribution in [3.05, 3.63) is 0 Å². The third-order valence-electron chi connectivity index (χ3n) is 2.65. The van der Waals surface area contributed by atoms with E-state index in [9.17, 15) is 9.59 Å². The summed E-state index contributed by atoms with van der Waals surface area (Å²) in [5, 5.41) is 16.5. The van der Waals surface area contributed by atoms with Gasteiger partial charge in [0.05, 0.1) is 0 Å². The molecule has 6 heteroatoms. The largest absolute Gasteiger partial charge is 0.359 e. The summed E-state index contributed by atoms with van der Waals surface area (Å²) < 4.78 is 0. The SMILES string of the molecule is O=C(OO)C1(C(=O)OO)CCCCC1. The summed E-state index contributed by atoms with van der Waals surface area (Å²) in [6.07, 6.45) is 2.67. The lowest BCUT2D eigenvalue weighted by Gasteiger charge is -2.29. The van der Waals surface area contributed by atoms with Crippen LogP contribution in [0, 0.1) is 5.41 Å². The molecule has 0 atom stereocenters. The highest BCUT2D eigenvalue weighted by molar-refractivity contribution is 5.99. The zero-order valence-electron chi connectivity index (χ0n) is 7.56. The lowest BCUT2D eigenvalue weighted by molar-refractivity contribution is -0.266. The van der Waals surface area contributed by atoms with E-state index in [2.05, 4.69) is 9.78 Å². The molecule has 0 aromatic heterocycles. The predicted molar refractivity (Wildman–Crippen MR) is 43.0 cm³/mol. The van der Waals surface area contributed by atoms with Crippen LogP contribution in [0.5, 0.6) is 0 Å². The Kier molecular flexibility index (Phi) is 3.43. The molecular weight excluding hydrogens is 192 g/mol. The van der Waals surface area contributed by atoms with Gasteiger partial charge in [0, 0.05) is 0 Å². The van der Waals surface area contributed by atoms with E-state index in [1.807, 2.05) is 0 Å². The third-order valence-corrected chi connectivity index (χ3v) is 2.65. The maximum absolute atomic E-state index is 11.2. The zero-order valence-corrected chi connectivity index (χ0v) is 7.56. The average molecular weight is 204 g/mol. The first-order chi connectivity index (χ1) is 6.67. The van der Waals surface area contributed by atoms with Gasteiger partial charge in [0.25, 0.3) is 0 Å². The van der Waals surface area contributed by atoms with Gasteiger partial charge in [-0.05, 0) is 12.8 Å². The van der Waals surface area contributed by atoms with Crippen molar-refractivity contribution in [2.45, 2.75) is 32.1 Å². The second kappa shape index (κ2) is 4.39. The molecule has 0 aromatic carbocycles. The van der Waals surface area contributed by atoms with Gasteiger partial charge in [0.2, 0.25) is 0 Å². The number of hydrogen-bond acceptors (Lipinski definition) is 6. The van der Waals surface area contributed by atoms with Crippen LogP contribution in [0.25, 0.3) is 0 Å². The van der Waals surface area contributed by atoms with Crippen LogP contribution in [0.3, 0.4) is 0 Å². The number of rotatable bonds is 2. The normalized spacial score (nSPS) is 19.9. The second-order valence-electron chi connectivity index (χ2n) is 3.40. The summed E-state index contributed by atoms with van der Waals surface area (Å²) >= 11 is 0. The Morgan fingerprint density at radius 3 is 1.71 bits per heavy atom. The molecule has 1 rings (SSSR count). The van der Waals surface area contributed by atoms with E-state index in [-0.39, 0.29) is 12.8 Å². The van der Waals surface area contributed by atoms with Crippen LogP contribution in [-0.4, -0.2) is 22.5 Å². The molecule has 1 saturated carbocycles. The predicted octanol–water partition coefficient (Wildman–Crippen LogP) is 0.969. The molecule has 1 aliphatic rings. The van der Waals surface area contributed by atoms with Gasteiger partial charge >= 0.3 is 11.9 Å². The first-order valence-corrected chi connectivity index (χ1v) is 4.39. The monoisotopic (exact) mass is 204 g/mol. The minimum atomic E-state index is -1.53. The fraction of sp³-hybridized carbons (Fsp3) is 0.750. The van der Waals surface area contributed by atoms with Gasteiger partial charge in [0.1, 0.15) is 0 Å². The van der Waals surface area contributed by atoms with E-state index >= 15 is 0 Å². The molecule has 14 heavy (non-hydrogen) atoms. The molecule has 0 heterocycles. The standard InChI is InChI=1S/C8H12O6/c9-6(13-11)8(7(10)14-12)4-2-1-3-5-8/h11-12H,1-5H2. The first-order valence-electron chi connectivity index (χ1n) is 4.39. The maximum atomic E-state index is 11.2. The van der Waals surface area contributed by atoms with Crippen LogP contribution < -0.4 is 0 Å². The molecular formula is C8H12O6. The molecule has 0 aromatic rings. The molecule has 0 spiro atoms.